The number of rotatable bonds is 3. The van der Waals surface area contributed by atoms with Crippen molar-refractivity contribution in [3.8, 4) is 0 Å². The van der Waals surface area contributed by atoms with Crippen molar-refractivity contribution in [1.29, 1.82) is 0 Å². The molecule has 1 aromatic rings. The summed E-state index contributed by atoms with van der Waals surface area (Å²) >= 11 is 0. The van der Waals surface area contributed by atoms with Gasteiger partial charge in [-0.1, -0.05) is 0 Å². The van der Waals surface area contributed by atoms with Crippen molar-refractivity contribution in [2.75, 3.05) is 30.4 Å². The molecule has 0 radical (unpaired) electrons. The Hall–Kier alpha value is -1.89. The van der Waals surface area contributed by atoms with Gasteiger partial charge in [0.05, 0.1) is 35.8 Å². The summed E-state index contributed by atoms with van der Waals surface area (Å²) in [5, 5.41) is 13.8. The highest BCUT2D eigenvalue weighted by Gasteiger charge is 2.26. The van der Waals surface area contributed by atoms with Crippen LogP contribution in [-0.2, 0) is 4.74 Å². The first-order valence-corrected chi connectivity index (χ1v) is 6.23. The molecule has 7 nitrogen and oxygen atoms in total. The predicted octanol–water partition coefficient (Wildman–Crippen LogP) is 1.65. The van der Waals surface area contributed by atoms with E-state index in [0.29, 0.717) is 24.8 Å². The normalized spacial score (nSPS) is 23.2. The molecular weight excluding hydrogens is 248 g/mol. The first kappa shape index (κ1) is 13.5. The Bertz CT molecular complexity index is 480. The smallest absolute Gasteiger partial charge is 0.276 e. The molecule has 1 aliphatic rings. The molecule has 0 saturated carbocycles. The SMILES string of the molecule is CNc1cc([N+](=O)[O-])cc(N2CC(C)OCC2C)n1. The number of aromatic nitrogens is 1. The molecule has 2 rings (SSSR count). The molecule has 2 unspecified atom stereocenters. The fourth-order valence-corrected chi connectivity index (χ4v) is 2.11. The zero-order valence-electron chi connectivity index (χ0n) is 11.3. The van der Waals surface area contributed by atoms with Crippen LogP contribution in [0.15, 0.2) is 12.1 Å². The van der Waals surface area contributed by atoms with Crippen LogP contribution in [0.2, 0.25) is 0 Å². The number of ether oxygens (including phenoxy) is 1. The van der Waals surface area contributed by atoms with Gasteiger partial charge in [-0.3, -0.25) is 10.1 Å². The summed E-state index contributed by atoms with van der Waals surface area (Å²) in [5.74, 6) is 1.11. The van der Waals surface area contributed by atoms with E-state index in [1.807, 2.05) is 18.7 Å². The molecule has 0 aromatic carbocycles. The first-order valence-electron chi connectivity index (χ1n) is 6.23. The number of nitrogens with zero attached hydrogens (tertiary/aromatic N) is 3. The van der Waals surface area contributed by atoms with Crippen LogP contribution in [0.4, 0.5) is 17.3 Å². The Kier molecular flexibility index (Phi) is 3.84. The van der Waals surface area contributed by atoms with Gasteiger partial charge in [-0.2, -0.15) is 0 Å². The van der Waals surface area contributed by atoms with E-state index in [-0.39, 0.29) is 17.8 Å². The average molecular weight is 266 g/mol. The zero-order valence-corrected chi connectivity index (χ0v) is 11.3. The minimum Gasteiger partial charge on any atom is -0.375 e. The second-order valence-electron chi connectivity index (χ2n) is 4.72. The maximum absolute atomic E-state index is 11.0. The third kappa shape index (κ3) is 2.93. The number of hydrogen-bond donors (Lipinski definition) is 1. The summed E-state index contributed by atoms with van der Waals surface area (Å²) in [4.78, 5) is 17.0. The summed E-state index contributed by atoms with van der Waals surface area (Å²) in [5.41, 5.74) is 0.0423. The number of hydrogen-bond acceptors (Lipinski definition) is 6. The number of anilines is 2. The van der Waals surface area contributed by atoms with Crippen LogP contribution in [0.5, 0.6) is 0 Å². The number of nitro groups is 1. The highest BCUT2D eigenvalue weighted by atomic mass is 16.6. The van der Waals surface area contributed by atoms with Crippen LogP contribution in [0, 0.1) is 10.1 Å². The lowest BCUT2D eigenvalue weighted by atomic mass is 10.2. The molecule has 1 saturated heterocycles. The van der Waals surface area contributed by atoms with Gasteiger partial charge in [-0.05, 0) is 13.8 Å². The van der Waals surface area contributed by atoms with E-state index in [2.05, 4.69) is 10.3 Å². The van der Waals surface area contributed by atoms with E-state index < -0.39 is 4.92 Å². The molecule has 1 aliphatic heterocycles. The molecule has 1 aromatic heterocycles. The third-order valence-electron chi connectivity index (χ3n) is 3.17. The Labute approximate surface area is 111 Å². The molecule has 19 heavy (non-hydrogen) atoms. The van der Waals surface area contributed by atoms with Crippen LogP contribution in [0.3, 0.4) is 0 Å². The monoisotopic (exact) mass is 266 g/mol. The average Bonchev–Trinajstić information content (AvgIpc) is 2.40. The van der Waals surface area contributed by atoms with Gasteiger partial charge >= 0.3 is 0 Å². The highest BCUT2D eigenvalue weighted by molar-refractivity contribution is 5.56. The molecule has 0 aliphatic carbocycles. The Balaban J connectivity index is 2.37. The lowest BCUT2D eigenvalue weighted by Crippen LogP contribution is -2.47. The molecule has 2 atom stereocenters. The molecule has 2 heterocycles. The standard InChI is InChI=1S/C12H18N4O3/c1-8-7-19-9(2)6-15(8)12-5-10(16(17)18)4-11(13-3)14-12/h4-5,8-9H,6-7H2,1-3H3,(H,13,14). The maximum Gasteiger partial charge on any atom is 0.276 e. The Morgan fingerprint density at radius 2 is 2.26 bits per heavy atom. The molecule has 104 valence electrons. The van der Waals surface area contributed by atoms with Gasteiger partial charge in [0.15, 0.2) is 0 Å². The Morgan fingerprint density at radius 3 is 2.89 bits per heavy atom. The van der Waals surface area contributed by atoms with Crippen molar-refractivity contribution in [2.24, 2.45) is 0 Å². The van der Waals surface area contributed by atoms with Crippen LogP contribution in [0.1, 0.15) is 13.8 Å². The quantitative estimate of drug-likeness (QED) is 0.661. The number of nitrogens with one attached hydrogen (secondary N) is 1. The first-order chi connectivity index (χ1) is 9.01. The largest absolute Gasteiger partial charge is 0.375 e. The van der Waals surface area contributed by atoms with E-state index in [9.17, 15) is 10.1 Å². The van der Waals surface area contributed by atoms with E-state index in [1.54, 1.807) is 7.05 Å². The highest BCUT2D eigenvalue weighted by Crippen LogP contribution is 2.26. The molecule has 1 fully saturated rings. The summed E-state index contributed by atoms with van der Waals surface area (Å²) < 4.78 is 5.56. The molecule has 7 heteroatoms. The van der Waals surface area contributed by atoms with Crippen LogP contribution in [-0.4, -0.2) is 42.3 Å². The van der Waals surface area contributed by atoms with Gasteiger partial charge in [-0.15, -0.1) is 0 Å². The molecule has 0 bridgehead atoms. The minimum atomic E-state index is -0.402. The predicted molar refractivity (Wildman–Crippen MR) is 72.7 cm³/mol. The second-order valence-corrected chi connectivity index (χ2v) is 4.72. The van der Waals surface area contributed by atoms with Gasteiger partial charge < -0.3 is 15.0 Å². The van der Waals surface area contributed by atoms with Crippen LogP contribution in [0.25, 0.3) is 0 Å². The summed E-state index contributed by atoms with van der Waals surface area (Å²) in [7, 11) is 1.70. The third-order valence-corrected chi connectivity index (χ3v) is 3.17. The topological polar surface area (TPSA) is 80.5 Å². The maximum atomic E-state index is 11.0. The van der Waals surface area contributed by atoms with Crippen molar-refractivity contribution in [3.05, 3.63) is 22.2 Å². The van der Waals surface area contributed by atoms with Gasteiger partial charge in [0, 0.05) is 13.6 Å². The summed E-state index contributed by atoms with van der Waals surface area (Å²) in [6.45, 7) is 5.28. The fraction of sp³-hybridized carbons (Fsp3) is 0.583. The fourth-order valence-electron chi connectivity index (χ4n) is 2.11. The van der Waals surface area contributed by atoms with Gasteiger partial charge in [0.2, 0.25) is 0 Å². The zero-order chi connectivity index (χ0) is 14.0. The van der Waals surface area contributed by atoms with Crippen molar-refractivity contribution in [1.82, 2.24) is 4.98 Å². The molecule has 1 N–H and O–H groups in total. The second kappa shape index (κ2) is 5.40. The van der Waals surface area contributed by atoms with Gasteiger partial charge in [-0.25, -0.2) is 4.98 Å². The minimum absolute atomic E-state index is 0.0423. The molecule has 0 spiro atoms. The lowest BCUT2D eigenvalue weighted by Gasteiger charge is -2.37. The van der Waals surface area contributed by atoms with E-state index in [4.69, 9.17) is 4.74 Å². The molecule has 0 amide bonds. The summed E-state index contributed by atoms with van der Waals surface area (Å²) in [6, 6.07) is 3.09. The van der Waals surface area contributed by atoms with Crippen molar-refractivity contribution >= 4 is 17.3 Å². The van der Waals surface area contributed by atoms with Gasteiger partial charge in [0.1, 0.15) is 11.6 Å². The van der Waals surface area contributed by atoms with Gasteiger partial charge in [0.25, 0.3) is 5.69 Å². The van der Waals surface area contributed by atoms with Crippen molar-refractivity contribution < 1.29 is 9.66 Å². The van der Waals surface area contributed by atoms with E-state index in [0.717, 1.165) is 0 Å². The van der Waals surface area contributed by atoms with E-state index >= 15 is 0 Å². The van der Waals surface area contributed by atoms with Crippen LogP contribution >= 0.6 is 0 Å². The van der Waals surface area contributed by atoms with Crippen LogP contribution < -0.4 is 10.2 Å². The Morgan fingerprint density at radius 1 is 1.53 bits per heavy atom. The number of pyridine rings is 1. The lowest BCUT2D eigenvalue weighted by molar-refractivity contribution is -0.384. The summed E-state index contributed by atoms with van der Waals surface area (Å²) in [6.07, 6.45) is 0.0929. The van der Waals surface area contributed by atoms with Crippen molar-refractivity contribution in [2.45, 2.75) is 26.0 Å². The molecular formula is C12H18N4O3. The van der Waals surface area contributed by atoms with E-state index in [1.165, 1.54) is 12.1 Å². The van der Waals surface area contributed by atoms with Crippen molar-refractivity contribution in [3.63, 3.8) is 0 Å². The number of morpholine rings is 1.